The summed E-state index contributed by atoms with van der Waals surface area (Å²) in [6.07, 6.45) is 0.274. The van der Waals surface area contributed by atoms with Crippen LogP contribution in [0, 0.1) is 12.7 Å². The summed E-state index contributed by atoms with van der Waals surface area (Å²) in [6, 6.07) is 12.1. The van der Waals surface area contributed by atoms with Crippen LogP contribution in [0.4, 0.5) is 15.8 Å². The number of carbonyl (C=O) groups excluding carboxylic acids is 1. The van der Waals surface area contributed by atoms with Crippen LogP contribution in [0.25, 0.3) is 0 Å². The van der Waals surface area contributed by atoms with Crippen LogP contribution in [0.2, 0.25) is 0 Å². The molecule has 2 aromatic rings. The summed E-state index contributed by atoms with van der Waals surface area (Å²) >= 11 is 0. The number of anilines is 2. The highest BCUT2D eigenvalue weighted by Crippen LogP contribution is 2.25. The summed E-state index contributed by atoms with van der Waals surface area (Å²) in [5.41, 5.74) is 3.30. The van der Waals surface area contributed by atoms with Crippen molar-refractivity contribution in [3.05, 3.63) is 59.4 Å². The Hall–Kier alpha value is -2.36. The van der Waals surface area contributed by atoms with Gasteiger partial charge in [0.2, 0.25) is 5.91 Å². The second kappa shape index (κ2) is 6.39. The zero-order valence-electron chi connectivity index (χ0n) is 12.5. The second-order valence-corrected chi connectivity index (χ2v) is 5.21. The van der Waals surface area contributed by atoms with E-state index in [1.807, 2.05) is 50.2 Å². The van der Waals surface area contributed by atoms with E-state index in [2.05, 4.69) is 5.32 Å². The van der Waals surface area contributed by atoms with E-state index in [4.69, 9.17) is 0 Å². The molecule has 2 rings (SSSR count). The molecule has 0 fully saturated rings. The normalized spacial score (nSPS) is 10.3. The Bertz CT molecular complexity index is 653. The van der Waals surface area contributed by atoms with Crippen LogP contribution in [-0.2, 0) is 11.2 Å². The number of nitrogens with one attached hydrogen (secondary N) is 1. The highest BCUT2D eigenvalue weighted by molar-refractivity contribution is 5.95. The van der Waals surface area contributed by atoms with Crippen molar-refractivity contribution in [3.8, 4) is 0 Å². The molecule has 0 aromatic heterocycles. The summed E-state index contributed by atoms with van der Waals surface area (Å²) in [6.45, 7) is 1.97. The van der Waals surface area contributed by atoms with E-state index < -0.39 is 0 Å². The van der Waals surface area contributed by atoms with Gasteiger partial charge in [-0.15, -0.1) is 0 Å². The molecule has 0 saturated carbocycles. The first-order valence-electron chi connectivity index (χ1n) is 6.78. The van der Waals surface area contributed by atoms with Crippen LogP contribution in [0.1, 0.15) is 11.1 Å². The minimum Gasteiger partial charge on any atom is -0.376 e. The summed E-state index contributed by atoms with van der Waals surface area (Å²) in [5.74, 6) is -0.523. The predicted octanol–water partition coefficient (Wildman–Crippen LogP) is 3.38. The lowest BCUT2D eigenvalue weighted by Gasteiger charge is -2.18. The maximum absolute atomic E-state index is 13.4. The van der Waals surface area contributed by atoms with Crippen molar-refractivity contribution in [1.29, 1.82) is 0 Å². The van der Waals surface area contributed by atoms with Gasteiger partial charge in [-0.3, -0.25) is 4.79 Å². The van der Waals surface area contributed by atoms with Gasteiger partial charge in [0.05, 0.1) is 17.8 Å². The van der Waals surface area contributed by atoms with Gasteiger partial charge >= 0.3 is 0 Å². The van der Waals surface area contributed by atoms with E-state index in [1.165, 1.54) is 12.1 Å². The molecule has 4 heteroatoms. The molecule has 0 unspecified atom stereocenters. The molecule has 0 aliphatic carbocycles. The smallest absolute Gasteiger partial charge is 0.228 e. The highest BCUT2D eigenvalue weighted by atomic mass is 19.1. The Morgan fingerprint density at radius 2 is 1.90 bits per heavy atom. The van der Waals surface area contributed by atoms with Crippen molar-refractivity contribution in [2.75, 3.05) is 24.3 Å². The summed E-state index contributed by atoms with van der Waals surface area (Å²) in [5, 5.41) is 2.79. The standard InChI is InChI=1S/C17H19FN2O/c1-12-6-4-5-7-13(12)10-17(21)19-15-11-14(18)8-9-16(15)20(2)3/h4-9,11H,10H2,1-3H3,(H,19,21). The van der Waals surface area contributed by atoms with Gasteiger partial charge in [-0.25, -0.2) is 4.39 Å². The van der Waals surface area contributed by atoms with Crippen molar-refractivity contribution in [2.24, 2.45) is 0 Å². The molecule has 0 bridgehead atoms. The van der Waals surface area contributed by atoms with Gasteiger partial charge in [0.15, 0.2) is 0 Å². The third-order valence-corrected chi connectivity index (χ3v) is 3.33. The molecule has 0 radical (unpaired) electrons. The van der Waals surface area contributed by atoms with Crippen molar-refractivity contribution in [3.63, 3.8) is 0 Å². The van der Waals surface area contributed by atoms with Crippen LogP contribution in [0.5, 0.6) is 0 Å². The first-order valence-corrected chi connectivity index (χ1v) is 6.78. The van der Waals surface area contributed by atoms with Crippen LogP contribution in [-0.4, -0.2) is 20.0 Å². The lowest BCUT2D eigenvalue weighted by molar-refractivity contribution is -0.115. The SMILES string of the molecule is Cc1ccccc1CC(=O)Nc1cc(F)ccc1N(C)C. The van der Waals surface area contributed by atoms with Crippen LogP contribution < -0.4 is 10.2 Å². The molecular formula is C17H19FN2O. The molecule has 0 aliphatic rings. The van der Waals surface area contributed by atoms with Gasteiger partial charge in [0.1, 0.15) is 5.82 Å². The maximum atomic E-state index is 13.4. The van der Waals surface area contributed by atoms with Crippen molar-refractivity contribution < 1.29 is 9.18 Å². The molecule has 0 atom stereocenters. The lowest BCUT2D eigenvalue weighted by Crippen LogP contribution is -2.18. The predicted molar refractivity (Wildman–Crippen MR) is 84.2 cm³/mol. The maximum Gasteiger partial charge on any atom is 0.228 e. The molecular weight excluding hydrogens is 267 g/mol. The number of benzene rings is 2. The molecule has 1 N–H and O–H groups in total. The first-order chi connectivity index (χ1) is 9.97. The Morgan fingerprint density at radius 1 is 1.19 bits per heavy atom. The average molecular weight is 286 g/mol. The largest absolute Gasteiger partial charge is 0.376 e. The molecule has 21 heavy (non-hydrogen) atoms. The second-order valence-electron chi connectivity index (χ2n) is 5.21. The van der Waals surface area contributed by atoms with Crippen molar-refractivity contribution >= 4 is 17.3 Å². The molecule has 1 amide bonds. The fraction of sp³-hybridized carbons (Fsp3) is 0.235. The number of hydrogen-bond donors (Lipinski definition) is 1. The van der Waals surface area contributed by atoms with E-state index in [0.717, 1.165) is 16.8 Å². The quantitative estimate of drug-likeness (QED) is 0.934. The fourth-order valence-electron chi connectivity index (χ4n) is 2.17. The van der Waals surface area contributed by atoms with Crippen molar-refractivity contribution in [1.82, 2.24) is 0 Å². The van der Waals surface area contributed by atoms with Gasteiger partial charge in [0, 0.05) is 14.1 Å². The number of rotatable bonds is 4. The summed E-state index contributed by atoms with van der Waals surface area (Å²) in [7, 11) is 3.70. The van der Waals surface area contributed by atoms with Gasteiger partial charge < -0.3 is 10.2 Å². The van der Waals surface area contributed by atoms with Gasteiger partial charge in [0.25, 0.3) is 0 Å². The molecule has 0 heterocycles. The minimum absolute atomic E-state index is 0.155. The van der Waals surface area contributed by atoms with E-state index in [-0.39, 0.29) is 18.1 Å². The average Bonchev–Trinajstić information content (AvgIpc) is 2.41. The number of amides is 1. The monoisotopic (exact) mass is 286 g/mol. The first kappa shape index (κ1) is 15.0. The van der Waals surface area contributed by atoms with E-state index in [1.54, 1.807) is 6.07 Å². The number of aryl methyl sites for hydroxylation is 1. The lowest BCUT2D eigenvalue weighted by atomic mass is 10.1. The zero-order chi connectivity index (χ0) is 15.4. The van der Waals surface area contributed by atoms with Gasteiger partial charge in [-0.1, -0.05) is 24.3 Å². The molecule has 3 nitrogen and oxygen atoms in total. The Labute approximate surface area is 124 Å². The minimum atomic E-state index is -0.369. The van der Waals surface area contributed by atoms with E-state index in [0.29, 0.717) is 5.69 Å². The number of carbonyl (C=O) groups is 1. The highest BCUT2D eigenvalue weighted by Gasteiger charge is 2.11. The van der Waals surface area contributed by atoms with Gasteiger partial charge in [-0.2, -0.15) is 0 Å². The summed E-state index contributed by atoms with van der Waals surface area (Å²) in [4.78, 5) is 14.0. The van der Waals surface area contributed by atoms with Gasteiger partial charge in [-0.05, 0) is 36.2 Å². The van der Waals surface area contributed by atoms with Crippen LogP contribution >= 0.6 is 0 Å². The topological polar surface area (TPSA) is 32.3 Å². The Morgan fingerprint density at radius 3 is 2.57 bits per heavy atom. The molecule has 2 aromatic carbocycles. The molecule has 0 aliphatic heterocycles. The Balaban J connectivity index is 2.16. The third kappa shape index (κ3) is 3.81. The molecule has 0 spiro atoms. The van der Waals surface area contributed by atoms with E-state index >= 15 is 0 Å². The number of halogens is 1. The third-order valence-electron chi connectivity index (χ3n) is 3.33. The fourth-order valence-corrected chi connectivity index (χ4v) is 2.17. The van der Waals surface area contributed by atoms with Crippen LogP contribution in [0.3, 0.4) is 0 Å². The van der Waals surface area contributed by atoms with E-state index in [9.17, 15) is 9.18 Å². The zero-order valence-corrected chi connectivity index (χ0v) is 12.5. The molecule has 110 valence electrons. The van der Waals surface area contributed by atoms with Crippen molar-refractivity contribution in [2.45, 2.75) is 13.3 Å². The van der Waals surface area contributed by atoms with Crippen LogP contribution in [0.15, 0.2) is 42.5 Å². The number of nitrogens with zero attached hydrogens (tertiary/aromatic N) is 1. The molecule has 0 saturated heterocycles. The Kier molecular flexibility index (Phi) is 4.58. The number of hydrogen-bond acceptors (Lipinski definition) is 2. The summed E-state index contributed by atoms with van der Waals surface area (Å²) < 4.78 is 13.4.